The van der Waals surface area contributed by atoms with Gasteiger partial charge in [0.25, 0.3) is 11.5 Å². The van der Waals surface area contributed by atoms with E-state index in [1.807, 2.05) is 29.6 Å². The zero-order valence-electron chi connectivity index (χ0n) is 12.0. The molecule has 1 amide bonds. The maximum absolute atomic E-state index is 12.1. The summed E-state index contributed by atoms with van der Waals surface area (Å²) >= 11 is 4.71. The van der Waals surface area contributed by atoms with Crippen molar-refractivity contribution in [2.45, 2.75) is 0 Å². The molecule has 0 aliphatic carbocycles. The monoisotopic (exact) mass is 390 g/mol. The Morgan fingerprint density at radius 2 is 1.96 bits per heavy atom. The minimum atomic E-state index is -0.405. The van der Waals surface area contributed by atoms with Gasteiger partial charge in [-0.1, -0.05) is 28.1 Å². The predicted molar refractivity (Wildman–Crippen MR) is 92.7 cm³/mol. The zero-order chi connectivity index (χ0) is 16.4. The highest BCUT2D eigenvalue weighted by Crippen LogP contribution is 2.26. The van der Waals surface area contributed by atoms with Crippen LogP contribution in [0.2, 0.25) is 0 Å². The van der Waals surface area contributed by atoms with Crippen LogP contribution in [0, 0.1) is 0 Å². The summed E-state index contributed by atoms with van der Waals surface area (Å²) in [4.78, 5) is 27.8. The van der Waals surface area contributed by atoms with Gasteiger partial charge in [0.2, 0.25) is 0 Å². The van der Waals surface area contributed by atoms with Gasteiger partial charge in [-0.2, -0.15) is 5.10 Å². The number of hydrogen-bond acceptors (Lipinski definition) is 5. The topological polar surface area (TPSA) is 76.9 Å². The van der Waals surface area contributed by atoms with E-state index in [0.29, 0.717) is 5.13 Å². The third-order valence-corrected chi connectivity index (χ3v) is 4.34. The molecule has 23 heavy (non-hydrogen) atoms. The first kappa shape index (κ1) is 15.6. The van der Waals surface area contributed by atoms with E-state index in [1.165, 1.54) is 30.5 Å². The van der Waals surface area contributed by atoms with Gasteiger partial charge in [0.15, 0.2) is 5.13 Å². The molecule has 0 spiro atoms. The molecule has 1 N–H and O–H groups in total. The van der Waals surface area contributed by atoms with Gasteiger partial charge in [-0.25, -0.2) is 9.67 Å². The largest absolute Gasteiger partial charge is 0.296 e. The van der Waals surface area contributed by atoms with Crippen LogP contribution in [0.4, 0.5) is 5.13 Å². The maximum Gasteiger partial charge on any atom is 0.277 e. The lowest BCUT2D eigenvalue weighted by Gasteiger charge is -2.02. The molecule has 0 bridgehead atoms. The Hall–Kier alpha value is -2.32. The first-order valence-electron chi connectivity index (χ1n) is 6.60. The third-order valence-electron chi connectivity index (χ3n) is 3.06. The van der Waals surface area contributed by atoms with Crippen LogP contribution in [0.5, 0.6) is 0 Å². The molecule has 2 heterocycles. The van der Waals surface area contributed by atoms with Crippen LogP contribution in [-0.4, -0.2) is 20.7 Å². The number of aromatic nitrogens is 3. The van der Waals surface area contributed by atoms with E-state index >= 15 is 0 Å². The van der Waals surface area contributed by atoms with E-state index in [0.717, 1.165) is 20.4 Å². The van der Waals surface area contributed by atoms with Gasteiger partial charge >= 0.3 is 0 Å². The van der Waals surface area contributed by atoms with Crippen LogP contribution < -0.4 is 10.9 Å². The Kier molecular flexibility index (Phi) is 4.35. The fraction of sp³-hybridized carbons (Fsp3) is 0.0667. The predicted octanol–water partition coefficient (Wildman–Crippen LogP) is 2.92. The molecule has 0 saturated heterocycles. The number of rotatable bonds is 3. The third kappa shape index (κ3) is 3.54. The molecule has 8 heteroatoms. The van der Waals surface area contributed by atoms with E-state index < -0.39 is 5.91 Å². The number of halogens is 1. The highest BCUT2D eigenvalue weighted by molar-refractivity contribution is 9.10. The van der Waals surface area contributed by atoms with Crippen molar-refractivity contribution in [3.05, 3.63) is 62.3 Å². The summed E-state index contributed by atoms with van der Waals surface area (Å²) < 4.78 is 2.11. The number of anilines is 1. The van der Waals surface area contributed by atoms with Crippen molar-refractivity contribution in [1.82, 2.24) is 14.8 Å². The first-order valence-corrected chi connectivity index (χ1v) is 8.27. The van der Waals surface area contributed by atoms with Crippen LogP contribution in [-0.2, 0) is 7.05 Å². The number of benzene rings is 1. The SMILES string of the molecule is Cn1nc(C(=O)Nc2nc(-c3ccc(Br)cc3)cs2)ccc1=O. The normalized spacial score (nSPS) is 10.5. The molecule has 2 aromatic heterocycles. The van der Waals surface area contributed by atoms with Gasteiger partial charge in [0.1, 0.15) is 5.69 Å². The molecule has 6 nitrogen and oxygen atoms in total. The molecule has 0 saturated carbocycles. The van der Waals surface area contributed by atoms with E-state index in [4.69, 9.17) is 0 Å². The zero-order valence-corrected chi connectivity index (χ0v) is 14.4. The summed E-state index contributed by atoms with van der Waals surface area (Å²) in [5, 5.41) is 8.94. The number of amides is 1. The second-order valence-electron chi connectivity index (χ2n) is 4.68. The Labute approximate surface area is 143 Å². The second kappa shape index (κ2) is 6.43. The molecule has 0 aliphatic heterocycles. The fourth-order valence-electron chi connectivity index (χ4n) is 1.87. The van der Waals surface area contributed by atoms with Crippen LogP contribution in [0.1, 0.15) is 10.5 Å². The average Bonchev–Trinajstić information content (AvgIpc) is 2.99. The molecule has 0 atom stereocenters. The van der Waals surface area contributed by atoms with Crippen molar-refractivity contribution < 1.29 is 4.79 Å². The fourth-order valence-corrected chi connectivity index (χ4v) is 2.85. The van der Waals surface area contributed by atoms with Gasteiger partial charge < -0.3 is 0 Å². The van der Waals surface area contributed by atoms with Crippen LogP contribution >= 0.6 is 27.3 Å². The number of hydrogen-bond donors (Lipinski definition) is 1. The van der Waals surface area contributed by atoms with Crippen molar-refractivity contribution in [2.75, 3.05) is 5.32 Å². The standard InChI is InChI=1S/C15H11BrN4O2S/c1-20-13(21)7-6-11(19-20)14(22)18-15-17-12(8-23-15)9-2-4-10(16)5-3-9/h2-8H,1H3,(H,17,18,22). The summed E-state index contributed by atoms with van der Waals surface area (Å²) in [6.07, 6.45) is 0. The van der Waals surface area contributed by atoms with Gasteiger partial charge in [-0.15, -0.1) is 11.3 Å². The maximum atomic E-state index is 12.1. The number of aryl methyl sites for hydroxylation is 1. The van der Waals surface area contributed by atoms with E-state index in [1.54, 1.807) is 0 Å². The minimum absolute atomic E-state index is 0.160. The van der Waals surface area contributed by atoms with E-state index in [9.17, 15) is 9.59 Å². The lowest BCUT2D eigenvalue weighted by atomic mass is 10.2. The molecule has 0 radical (unpaired) electrons. The number of carbonyl (C=O) groups excluding carboxylic acids is 1. The molecule has 0 unspecified atom stereocenters. The minimum Gasteiger partial charge on any atom is -0.296 e. The second-order valence-corrected chi connectivity index (χ2v) is 6.45. The highest BCUT2D eigenvalue weighted by Gasteiger charge is 2.12. The van der Waals surface area contributed by atoms with Gasteiger partial charge in [0, 0.05) is 28.5 Å². The Morgan fingerprint density at radius 1 is 1.22 bits per heavy atom. The quantitative estimate of drug-likeness (QED) is 0.745. The summed E-state index contributed by atoms with van der Waals surface area (Å²) in [6, 6.07) is 10.4. The van der Waals surface area contributed by atoms with Crippen molar-refractivity contribution >= 4 is 38.3 Å². The smallest absolute Gasteiger partial charge is 0.277 e. The molecule has 3 aromatic rings. The van der Waals surface area contributed by atoms with Crippen LogP contribution in [0.15, 0.2) is 51.0 Å². The van der Waals surface area contributed by atoms with Crippen LogP contribution in [0.3, 0.4) is 0 Å². The van der Waals surface area contributed by atoms with Gasteiger partial charge in [-0.05, 0) is 18.2 Å². The summed E-state index contributed by atoms with van der Waals surface area (Å²) in [7, 11) is 1.49. The first-order chi connectivity index (χ1) is 11.0. The number of carbonyl (C=O) groups is 1. The van der Waals surface area contributed by atoms with Crippen LogP contribution in [0.25, 0.3) is 11.3 Å². The number of nitrogens with zero attached hydrogens (tertiary/aromatic N) is 3. The highest BCUT2D eigenvalue weighted by atomic mass is 79.9. The lowest BCUT2D eigenvalue weighted by Crippen LogP contribution is -2.23. The summed E-state index contributed by atoms with van der Waals surface area (Å²) in [6.45, 7) is 0. The summed E-state index contributed by atoms with van der Waals surface area (Å²) in [5.74, 6) is -0.405. The average molecular weight is 391 g/mol. The van der Waals surface area contributed by atoms with E-state index in [2.05, 4.69) is 31.3 Å². The molecule has 0 aliphatic rings. The van der Waals surface area contributed by atoms with Gasteiger partial charge in [0.05, 0.1) is 5.69 Å². The van der Waals surface area contributed by atoms with E-state index in [-0.39, 0.29) is 11.3 Å². The molecular weight excluding hydrogens is 380 g/mol. The molecule has 116 valence electrons. The molecule has 1 aromatic carbocycles. The Balaban J connectivity index is 1.78. The Morgan fingerprint density at radius 3 is 2.65 bits per heavy atom. The molecular formula is C15H11BrN4O2S. The number of thiazole rings is 1. The summed E-state index contributed by atoms with van der Waals surface area (Å²) in [5.41, 5.74) is 1.64. The molecule has 0 fully saturated rings. The Bertz CT molecular complexity index is 918. The number of nitrogens with one attached hydrogen (secondary N) is 1. The van der Waals surface area contributed by atoms with Crippen molar-refractivity contribution in [2.24, 2.45) is 7.05 Å². The molecule has 3 rings (SSSR count). The lowest BCUT2D eigenvalue weighted by molar-refractivity contribution is 0.102. The van der Waals surface area contributed by atoms with Crippen molar-refractivity contribution in [3.63, 3.8) is 0 Å². The van der Waals surface area contributed by atoms with Gasteiger partial charge in [-0.3, -0.25) is 14.9 Å². The van der Waals surface area contributed by atoms with Crippen molar-refractivity contribution in [1.29, 1.82) is 0 Å². The van der Waals surface area contributed by atoms with Crippen molar-refractivity contribution in [3.8, 4) is 11.3 Å².